The molecule has 0 atom stereocenters. The summed E-state index contributed by atoms with van der Waals surface area (Å²) < 4.78 is 5.95. The van der Waals surface area contributed by atoms with E-state index < -0.39 is 0 Å². The summed E-state index contributed by atoms with van der Waals surface area (Å²) in [4.78, 5) is 21.5. The van der Waals surface area contributed by atoms with E-state index in [1.807, 2.05) is 73.6 Å². The molecule has 0 radical (unpaired) electrons. The minimum Gasteiger partial charge on any atom is -0.436 e. The first-order chi connectivity index (χ1) is 15.5. The predicted octanol–water partition coefficient (Wildman–Crippen LogP) is 5.66. The molecule has 1 N–H and O–H groups in total. The SMILES string of the molecule is CCN(CC)c1ccc(-c2nc3cc(NC(=O)c4ccc(N(C)C)cc4)ccc3o2)cc1. The van der Waals surface area contributed by atoms with Crippen molar-refractivity contribution in [3.63, 3.8) is 0 Å². The number of nitrogens with one attached hydrogen (secondary N) is 1. The van der Waals surface area contributed by atoms with Crippen molar-refractivity contribution in [2.24, 2.45) is 0 Å². The van der Waals surface area contributed by atoms with Gasteiger partial charge >= 0.3 is 0 Å². The number of rotatable bonds is 7. The average Bonchev–Trinajstić information content (AvgIpc) is 3.24. The highest BCUT2D eigenvalue weighted by atomic mass is 16.3. The van der Waals surface area contributed by atoms with Gasteiger partial charge in [0.1, 0.15) is 5.52 Å². The summed E-state index contributed by atoms with van der Waals surface area (Å²) in [7, 11) is 3.94. The van der Waals surface area contributed by atoms with Crippen LogP contribution in [0.1, 0.15) is 24.2 Å². The molecule has 1 heterocycles. The Morgan fingerprint density at radius 1 is 0.906 bits per heavy atom. The van der Waals surface area contributed by atoms with E-state index in [0.717, 1.165) is 24.3 Å². The van der Waals surface area contributed by atoms with Crippen molar-refractivity contribution in [1.29, 1.82) is 0 Å². The van der Waals surface area contributed by atoms with E-state index in [1.165, 1.54) is 5.69 Å². The first-order valence-electron chi connectivity index (χ1n) is 10.8. The Labute approximate surface area is 188 Å². The summed E-state index contributed by atoms with van der Waals surface area (Å²) in [6.07, 6.45) is 0. The van der Waals surface area contributed by atoms with Crippen LogP contribution in [-0.4, -0.2) is 38.1 Å². The average molecular weight is 429 g/mol. The molecule has 32 heavy (non-hydrogen) atoms. The molecule has 164 valence electrons. The van der Waals surface area contributed by atoms with Crippen LogP contribution in [0.15, 0.2) is 71.1 Å². The molecular formula is C26H28N4O2. The van der Waals surface area contributed by atoms with E-state index in [0.29, 0.717) is 28.2 Å². The fourth-order valence-corrected chi connectivity index (χ4v) is 3.65. The van der Waals surface area contributed by atoms with Crippen LogP contribution in [0.2, 0.25) is 0 Å². The summed E-state index contributed by atoms with van der Waals surface area (Å²) >= 11 is 0. The number of benzene rings is 3. The van der Waals surface area contributed by atoms with E-state index in [2.05, 4.69) is 41.2 Å². The van der Waals surface area contributed by atoms with Gasteiger partial charge in [-0.25, -0.2) is 4.98 Å². The third-order valence-corrected chi connectivity index (χ3v) is 5.53. The number of amides is 1. The third kappa shape index (κ3) is 4.44. The molecule has 0 aliphatic carbocycles. The van der Waals surface area contributed by atoms with Crippen LogP contribution in [-0.2, 0) is 0 Å². The van der Waals surface area contributed by atoms with Crippen LogP contribution in [0, 0.1) is 0 Å². The van der Waals surface area contributed by atoms with Crippen LogP contribution >= 0.6 is 0 Å². The molecule has 4 aromatic rings. The molecule has 0 saturated heterocycles. The lowest BCUT2D eigenvalue weighted by Gasteiger charge is -2.20. The molecule has 0 aliphatic heterocycles. The van der Waals surface area contributed by atoms with Crippen LogP contribution < -0.4 is 15.1 Å². The van der Waals surface area contributed by atoms with Gasteiger partial charge in [-0.1, -0.05) is 0 Å². The fourth-order valence-electron chi connectivity index (χ4n) is 3.65. The molecule has 0 spiro atoms. The second kappa shape index (κ2) is 9.14. The van der Waals surface area contributed by atoms with Gasteiger partial charge in [-0.15, -0.1) is 0 Å². The Morgan fingerprint density at radius 2 is 1.56 bits per heavy atom. The minimum atomic E-state index is -0.162. The predicted molar refractivity (Wildman–Crippen MR) is 132 cm³/mol. The lowest BCUT2D eigenvalue weighted by molar-refractivity contribution is 0.102. The molecule has 0 bridgehead atoms. The first-order valence-corrected chi connectivity index (χ1v) is 10.8. The Hall–Kier alpha value is -3.80. The minimum absolute atomic E-state index is 0.162. The smallest absolute Gasteiger partial charge is 0.255 e. The Balaban J connectivity index is 1.52. The van der Waals surface area contributed by atoms with Crippen LogP contribution in [0.4, 0.5) is 17.1 Å². The summed E-state index contributed by atoms with van der Waals surface area (Å²) in [6.45, 7) is 6.22. The van der Waals surface area contributed by atoms with Gasteiger partial charge in [0.2, 0.25) is 5.89 Å². The van der Waals surface area contributed by atoms with Crippen molar-refractivity contribution in [2.75, 3.05) is 42.3 Å². The summed E-state index contributed by atoms with van der Waals surface area (Å²) in [5.74, 6) is 0.402. The zero-order valence-corrected chi connectivity index (χ0v) is 18.9. The maximum absolute atomic E-state index is 12.6. The Bertz CT molecular complexity index is 1210. The number of fused-ring (bicyclic) bond motifs is 1. The quantitative estimate of drug-likeness (QED) is 0.412. The molecule has 4 rings (SSSR count). The summed E-state index contributed by atoms with van der Waals surface area (Å²) in [6, 6.07) is 21.2. The highest BCUT2D eigenvalue weighted by Gasteiger charge is 2.12. The van der Waals surface area contributed by atoms with E-state index in [4.69, 9.17) is 4.42 Å². The van der Waals surface area contributed by atoms with Crippen LogP contribution in [0.25, 0.3) is 22.6 Å². The number of carbonyl (C=O) groups is 1. The van der Waals surface area contributed by atoms with Crippen molar-refractivity contribution in [3.05, 3.63) is 72.3 Å². The zero-order valence-electron chi connectivity index (χ0n) is 18.9. The fraction of sp³-hybridized carbons (Fsp3) is 0.231. The molecule has 6 heteroatoms. The number of aromatic nitrogens is 1. The van der Waals surface area contributed by atoms with Gasteiger partial charge in [0, 0.05) is 55.4 Å². The molecule has 0 saturated carbocycles. The van der Waals surface area contributed by atoms with E-state index in [9.17, 15) is 4.79 Å². The number of hydrogen-bond acceptors (Lipinski definition) is 5. The number of hydrogen-bond donors (Lipinski definition) is 1. The van der Waals surface area contributed by atoms with E-state index in [-0.39, 0.29) is 5.91 Å². The number of nitrogens with zero attached hydrogens (tertiary/aromatic N) is 3. The first kappa shape index (κ1) is 21.4. The number of carbonyl (C=O) groups excluding carboxylic acids is 1. The van der Waals surface area contributed by atoms with Gasteiger partial charge in [0.05, 0.1) is 0 Å². The van der Waals surface area contributed by atoms with Crippen molar-refractivity contribution < 1.29 is 9.21 Å². The molecular weight excluding hydrogens is 400 g/mol. The maximum Gasteiger partial charge on any atom is 0.255 e. The van der Waals surface area contributed by atoms with E-state index in [1.54, 1.807) is 0 Å². The summed E-state index contributed by atoms with van der Waals surface area (Å²) in [5, 5.41) is 2.94. The molecule has 6 nitrogen and oxygen atoms in total. The maximum atomic E-state index is 12.6. The molecule has 0 aliphatic rings. The van der Waals surface area contributed by atoms with Crippen molar-refractivity contribution >= 4 is 34.1 Å². The van der Waals surface area contributed by atoms with Gasteiger partial charge in [-0.05, 0) is 80.6 Å². The second-order valence-corrected chi connectivity index (χ2v) is 7.82. The normalized spacial score (nSPS) is 10.9. The monoisotopic (exact) mass is 428 g/mol. The molecule has 1 amide bonds. The largest absolute Gasteiger partial charge is 0.436 e. The van der Waals surface area contributed by atoms with E-state index >= 15 is 0 Å². The number of oxazole rings is 1. The van der Waals surface area contributed by atoms with Crippen molar-refractivity contribution in [3.8, 4) is 11.5 Å². The topological polar surface area (TPSA) is 61.6 Å². The third-order valence-electron chi connectivity index (χ3n) is 5.53. The van der Waals surface area contributed by atoms with Crippen molar-refractivity contribution in [1.82, 2.24) is 4.98 Å². The van der Waals surface area contributed by atoms with Gasteiger partial charge in [-0.2, -0.15) is 0 Å². The van der Waals surface area contributed by atoms with Gasteiger partial charge < -0.3 is 19.5 Å². The zero-order chi connectivity index (χ0) is 22.7. The standard InChI is InChI=1S/C26H28N4O2/c1-5-30(6-2)22-14-9-19(10-15-22)26-28-23-17-20(11-16-24(23)32-26)27-25(31)18-7-12-21(13-8-18)29(3)4/h7-17H,5-6H2,1-4H3,(H,27,31). The van der Waals surface area contributed by atoms with Crippen LogP contribution in [0.5, 0.6) is 0 Å². The van der Waals surface area contributed by atoms with Gasteiger partial charge in [0.25, 0.3) is 5.91 Å². The highest BCUT2D eigenvalue weighted by Crippen LogP contribution is 2.28. The summed E-state index contributed by atoms with van der Waals surface area (Å²) in [5.41, 5.74) is 5.81. The molecule has 0 unspecified atom stereocenters. The molecule has 0 fully saturated rings. The van der Waals surface area contributed by atoms with Gasteiger partial charge in [-0.3, -0.25) is 4.79 Å². The lowest BCUT2D eigenvalue weighted by Crippen LogP contribution is -2.21. The van der Waals surface area contributed by atoms with Crippen LogP contribution in [0.3, 0.4) is 0 Å². The number of anilines is 3. The van der Waals surface area contributed by atoms with Gasteiger partial charge in [0.15, 0.2) is 5.58 Å². The molecule has 1 aromatic heterocycles. The second-order valence-electron chi connectivity index (χ2n) is 7.82. The Morgan fingerprint density at radius 3 is 2.19 bits per heavy atom. The Kier molecular flexibility index (Phi) is 6.12. The molecule has 3 aromatic carbocycles. The van der Waals surface area contributed by atoms with Crippen molar-refractivity contribution in [2.45, 2.75) is 13.8 Å². The lowest BCUT2D eigenvalue weighted by atomic mass is 10.2. The highest BCUT2D eigenvalue weighted by molar-refractivity contribution is 6.05.